The van der Waals surface area contributed by atoms with Crippen molar-refractivity contribution in [1.29, 1.82) is 0 Å². The normalized spacial score (nSPS) is 11.3. The summed E-state index contributed by atoms with van der Waals surface area (Å²) < 4.78 is 52.2. The molecule has 0 aliphatic rings. The van der Waals surface area contributed by atoms with Crippen molar-refractivity contribution >= 4 is 11.6 Å². The number of nitrogens with zero attached hydrogens (tertiary/aromatic N) is 1. The zero-order valence-corrected chi connectivity index (χ0v) is 14.8. The molecule has 0 radical (unpaired) electrons. The molecule has 144 valence electrons. The maximum Gasteiger partial charge on any atom is 0.416 e. The first kappa shape index (κ1) is 19.5. The summed E-state index contributed by atoms with van der Waals surface area (Å²) in [4.78, 5) is 16.5. The van der Waals surface area contributed by atoms with Gasteiger partial charge in [-0.1, -0.05) is 30.3 Å². The number of anilines is 1. The van der Waals surface area contributed by atoms with Crippen molar-refractivity contribution in [2.75, 3.05) is 5.32 Å². The highest BCUT2D eigenvalue weighted by Gasteiger charge is 2.34. The number of nitrogens with one attached hydrogen (secondary N) is 1. The van der Waals surface area contributed by atoms with E-state index in [4.69, 9.17) is 0 Å². The second-order valence-corrected chi connectivity index (χ2v) is 6.19. The maximum absolute atomic E-state index is 13.1. The lowest BCUT2D eigenvalue weighted by atomic mass is 10.00. The van der Waals surface area contributed by atoms with Crippen molar-refractivity contribution in [1.82, 2.24) is 4.98 Å². The summed E-state index contributed by atoms with van der Waals surface area (Å²) in [6.45, 7) is 0.642. The average molecular weight is 388 g/mol. The van der Waals surface area contributed by atoms with Crippen molar-refractivity contribution in [3.05, 3.63) is 83.2 Å². The highest BCUT2D eigenvalue weighted by Crippen LogP contribution is 2.34. The molecule has 1 heterocycles. The van der Waals surface area contributed by atoms with Crippen molar-refractivity contribution in [3.8, 4) is 11.1 Å². The van der Waals surface area contributed by atoms with Gasteiger partial charge < -0.3 is 5.32 Å². The van der Waals surface area contributed by atoms with Gasteiger partial charge in [-0.3, -0.25) is 9.78 Å². The number of aryl methyl sites for hydroxylation is 1. The molecule has 0 unspecified atom stereocenters. The molecule has 28 heavy (non-hydrogen) atoms. The van der Waals surface area contributed by atoms with E-state index in [1.54, 1.807) is 12.3 Å². The van der Waals surface area contributed by atoms with Gasteiger partial charge in [0.05, 0.1) is 17.4 Å². The summed E-state index contributed by atoms with van der Waals surface area (Å²) in [5.74, 6) is -0.737. The number of benzene rings is 2. The number of aromatic nitrogens is 1. The Morgan fingerprint density at radius 3 is 2.50 bits per heavy atom. The Balaban J connectivity index is 1.96. The van der Waals surface area contributed by atoms with Crippen LogP contribution >= 0.6 is 0 Å². The van der Waals surface area contributed by atoms with Crippen LogP contribution in [0, 0.1) is 6.92 Å². The molecule has 0 atom stereocenters. The Hall–Kier alpha value is -3.22. The highest BCUT2D eigenvalue weighted by molar-refractivity contribution is 6.06. The van der Waals surface area contributed by atoms with Crippen LogP contribution < -0.4 is 5.32 Å². The number of carbonyl (C=O) groups is 1. The summed E-state index contributed by atoms with van der Waals surface area (Å²) in [6.07, 6.45) is -1.76. The third-order valence-corrected chi connectivity index (χ3v) is 4.33. The van der Waals surface area contributed by atoms with E-state index in [0.29, 0.717) is 17.3 Å². The van der Waals surface area contributed by atoms with E-state index in [0.717, 1.165) is 17.2 Å². The molecule has 0 aliphatic heterocycles. The summed E-state index contributed by atoms with van der Waals surface area (Å²) in [6, 6.07) is 12.0. The van der Waals surface area contributed by atoms with Crippen molar-refractivity contribution in [2.24, 2.45) is 0 Å². The van der Waals surface area contributed by atoms with Crippen LogP contribution in [0.5, 0.6) is 0 Å². The predicted octanol–water partition coefficient (Wildman–Crippen LogP) is 5.80. The van der Waals surface area contributed by atoms with E-state index in [-0.39, 0.29) is 5.56 Å². The first-order valence-corrected chi connectivity index (χ1v) is 8.38. The molecule has 0 aliphatic carbocycles. The Morgan fingerprint density at radius 1 is 1.07 bits per heavy atom. The number of hydrogen-bond acceptors (Lipinski definition) is 2. The monoisotopic (exact) mass is 388 g/mol. The van der Waals surface area contributed by atoms with Gasteiger partial charge in [0.25, 0.3) is 5.91 Å². The van der Waals surface area contributed by atoms with E-state index in [1.807, 2.05) is 31.2 Å². The van der Waals surface area contributed by atoms with E-state index >= 15 is 0 Å². The Labute approximate surface area is 159 Å². The first-order chi connectivity index (χ1) is 13.3. The molecule has 0 spiro atoms. The van der Waals surface area contributed by atoms with Gasteiger partial charge in [0.1, 0.15) is 6.67 Å². The summed E-state index contributed by atoms with van der Waals surface area (Å²) in [7, 11) is 0. The number of amides is 1. The predicted molar refractivity (Wildman–Crippen MR) is 98.6 cm³/mol. The summed E-state index contributed by atoms with van der Waals surface area (Å²) >= 11 is 0. The largest absolute Gasteiger partial charge is 0.416 e. The summed E-state index contributed by atoms with van der Waals surface area (Å²) in [5, 5.41) is 2.61. The van der Waals surface area contributed by atoms with Crippen LogP contribution in [-0.2, 0) is 12.9 Å². The van der Waals surface area contributed by atoms with Crippen LogP contribution in [0.1, 0.15) is 27.0 Å². The van der Waals surface area contributed by atoms with E-state index in [9.17, 15) is 22.4 Å². The standard InChI is InChI=1S/C21H16F4N2O/c1-13-4-2-3-5-16(13)17-8-9-26-12-19(17)27-20(28)14-6-7-15(11-22)18(10-14)21(23,24)25/h2-10,12H,11H2,1H3,(H,27,28). The molecule has 1 amide bonds. The van der Waals surface area contributed by atoms with E-state index in [1.165, 1.54) is 12.3 Å². The van der Waals surface area contributed by atoms with Crippen molar-refractivity contribution < 1.29 is 22.4 Å². The van der Waals surface area contributed by atoms with E-state index in [2.05, 4.69) is 10.3 Å². The molecular weight excluding hydrogens is 372 g/mol. The van der Waals surface area contributed by atoms with Crippen LogP contribution in [0.2, 0.25) is 0 Å². The Bertz CT molecular complexity index is 1020. The van der Waals surface area contributed by atoms with Gasteiger partial charge in [-0.2, -0.15) is 13.2 Å². The zero-order valence-electron chi connectivity index (χ0n) is 14.8. The van der Waals surface area contributed by atoms with Gasteiger partial charge in [-0.15, -0.1) is 0 Å². The molecule has 0 fully saturated rings. The second-order valence-electron chi connectivity index (χ2n) is 6.19. The number of rotatable bonds is 4. The molecule has 1 N–H and O–H groups in total. The fraction of sp³-hybridized carbons (Fsp3) is 0.143. The molecule has 0 saturated heterocycles. The number of halogens is 4. The number of alkyl halides is 4. The molecule has 0 bridgehead atoms. The average Bonchev–Trinajstić information content (AvgIpc) is 2.68. The molecule has 3 rings (SSSR count). The highest BCUT2D eigenvalue weighted by atomic mass is 19.4. The van der Waals surface area contributed by atoms with Crippen LogP contribution in [0.3, 0.4) is 0 Å². The van der Waals surface area contributed by atoms with E-state index < -0.39 is 29.9 Å². The number of hydrogen-bond donors (Lipinski definition) is 1. The van der Waals surface area contributed by atoms with Crippen LogP contribution in [0.25, 0.3) is 11.1 Å². The molecule has 1 aromatic heterocycles. The summed E-state index contributed by atoms with van der Waals surface area (Å²) in [5.41, 5.74) is 1.01. The third kappa shape index (κ3) is 4.03. The maximum atomic E-state index is 13.1. The molecule has 0 saturated carbocycles. The number of carbonyl (C=O) groups excluding carboxylic acids is 1. The van der Waals surface area contributed by atoms with Crippen LogP contribution in [0.4, 0.5) is 23.2 Å². The molecular formula is C21H16F4N2O. The molecule has 2 aromatic carbocycles. The smallest absolute Gasteiger partial charge is 0.320 e. The lowest BCUT2D eigenvalue weighted by Gasteiger charge is -2.15. The van der Waals surface area contributed by atoms with Crippen LogP contribution in [-0.4, -0.2) is 10.9 Å². The lowest BCUT2D eigenvalue weighted by molar-refractivity contribution is -0.138. The van der Waals surface area contributed by atoms with Crippen molar-refractivity contribution in [2.45, 2.75) is 19.8 Å². The first-order valence-electron chi connectivity index (χ1n) is 8.38. The Morgan fingerprint density at radius 2 is 1.82 bits per heavy atom. The number of pyridine rings is 1. The van der Waals surface area contributed by atoms with Gasteiger partial charge in [0.2, 0.25) is 0 Å². The van der Waals surface area contributed by atoms with Gasteiger partial charge in [0, 0.05) is 17.3 Å². The molecule has 7 heteroatoms. The Kier molecular flexibility index (Phi) is 5.44. The van der Waals surface area contributed by atoms with Gasteiger partial charge in [0.15, 0.2) is 0 Å². The minimum absolute atomic E-state index is 0.218. The minimum Gasteiger partial charge on any atom is -0.320 e. The topological polar surface area (TPSA) is 42.0 Å². The molecule has 3 aromatic rings. The third-order valence-electron chi connectivity index (χ3n) is 4.33. The lowest BCUT2D eigenvalue weighted by Crippen LogP contribution is -2.16. The zero-order chi connectivity index (χ0) is 20.3. The second kappa shape index (κ2) is 7.80. The SMILES string of the molecule is Cc1ccccc1-c1ccncc1NC(=O)c1ccc(CF)c(C(F)(F)F)c1. The van der Waals surface area contributed by atoms with Crippen molar-refractivity contribution in [3.63, 3.8) is 0 Å². The quantitative estimate of drug-likeness (QED) is 0.574. The van der Waals surface area contributed by atoms with Gasteiger partial charge in [-0.25, -0.2) is 4.39 Å². The van der Waals surface area contributed by atoms with Gasteiger partial charge >= 0.3 is 6.18 Å². The van der Waals surface area contributed by atoms with Crippen LogP contribution in [0.15, 0.2) is 60.9 Å². The fourth-order valence-corrected chi connectivity index (χ4v) is 2.90. The molecule has 3 nitrogen and oxygen atoms in total. The minimum atomic E-state index is -4.75. The fourth-order valence-electron chi connectivity index (χ4n) is 2.90. The van der Waals surface area contributed by atoms with Gasteiger partial charge in [-0.05, 0) is 41.8 Å².